The summed E-state index contributed by atoms with van der Waals surface area (Å²) in [5.74, 6) is 0.577. The lowest BCUT2D eigenvalue weighted by atomic mass is 9.91. The van der Waals surface area contributed by atoms with Crippen LogP contribution in [0.5, 0.6) is 5.75 Å². The summed E-state index contributed by atoms with van der Waals surface area (Å²) in [5.41, 5.74) is 6.24. The summed E-state index contributed by atoms with van der Waals surface area (Å²) < 4.78 is 1.13. The zero-order valence-electron chi connectivity index (χ0n) is 18.3. The predicted molar refractivity (Wildman–Crippen MR) is 143 cm³/mol. The summed E-state index contributed by atoms with van der Waals surface area (Å²) in [6, 6.07) is 23.2. The van der Waals surface area contributed by atoms with Gasteiger partial charge in [-0.2, -0.15) is 0 Å². The number of carbonyl (C=O) groups is 1. The molecule has 6 heteroatoms. The molecule has 0 atom stereocenters. The molecule has 4 aromatic rings. The third kappa shape index (κ3) is 5.02. The third-order valence-corrected chi connectivity index (χ3v) is 6.46. The number of amides is 1. The molecule has 0 unspecified atom stereocenters. The van der Waals surface area contributed by atoms with Crippen LogP contribution in [0, 0.1) is 3.57 Å². The largest absolute Gasteiger partial charge is 0.508 e. The molecule has 3 aromatic carbocycles. The first-order valence-corrected chi connectivity index (χ1v) is 12.1. The molecule has 0 radical (unpaired) electrons. The maximum atomic E-state index is 12.9. The van der Waals surface area contributed by atoms with Crippen LogP contribution in [0.1, 0.15) is 28.1 Å². The van der Waals surface area contributed by atoms with Gasteiger partial charge in [0, 0.05) is 9.13 Å². The molecular formula is C28H22IN3O2. The Labute approximate surface area is 211 Å². The Bertz CT molecular complexity index is 1380. The number of carbonyl (C=O) groups excluding carboxylic acids is 1. The van der Waals surface area contributed by atoms with Crippen LogP contribution in [0.4, 0.5) is 5.82 Å². The lowest BCUT2D eigenvalue weighted by Gasteiger charge is -2.20. The molecule has 0 spiro atoms. The van der Waals surface area contributed by atoms with Crippen molar-refractivity contribution in [1.29, 1.82) is 0 Å². The Hall–Kier alpha value is -3.52. The van der Waals surface area contributed by atoms with Gasteiger partial charge in [-0.15, -0.1) is 0 Å². The second-order valence-corrected chi connectivity index (χ2v) is 9.44. The van der Waals surface area contributed by atoms with Crippen LogP contribution in [0.15, 0.2) is 72.8 Å². The lowest BCUT2D eigenvalue weighted by Crippen LogP contribution is -2.19. The Morgan fingerprint density at radius 3 is 2.56 bits per heavy atom. The molecule has 34 heavy (non-hydrogen) atoms. The van der Waals surface area contributed by atoms with Gasteiger partial charge in [-0.3, -0.25) is 4.79 Å². The van der Waals surface area contributed by atoms with Gasteiger partial charge in [-0.25, -0.2) is 9.97 Å². The van der Waals surface area contributed by atoms with Gasteiger partial charge in [-0.05, 0) is 88.5 Å². The van der Waals surface area contributed by atoms with E-state index in [1.807, 2.05) is 72.8 Å². The number of anilines is 1. The zero-order chi connectivity index (χ0) is 23.5. The van der Waals surface area contributed by atoms with Crippen molar-refractivity contribution in [2.75, 3.05) is 5.32 Å². The average molecular weight is 559 g/mol. The summed E-state index contributed by atoms with van der Waals surface area (Å²) in [6.07, 6.45) is 5.57. The number of aromatic hydroxyl groups is 1. The first kappa shape index (κ1) is 22.3. The number of phenols is 1. The molecule has 1 aliphatic carbocycles. The molecular weight excluding hydrogens is 537 g/mol. The summed E-state index contributed by atoms with van der Waals surface area (Å²) in [4.78, 5) is 22.6. The average Bonchev–Trinajstić information content (AvgIpc) is 2.84. The number of hydrogen-bond acceptors (Lipinski definition) is 4. The number of fused-ring (bicyclic) bond motifs is 3. The van der Waals surface area contributed by atoms with Gasteiger partial charge in [0.05, 0.1) is 17.8 Å². The Kier molecular flexibility index (Phi) is 6.40. The highest BCUT2D eigenvalue weighted by Crippen LogP contribution is 2.35. The first-order valence-electron chi connectivity index (χ1n) is 11.1. The van der Waals surface area contributed by atoms with E-state index in [4.69, 9.17) is 9.97 Å². The monoisotopic (exact) mass is 559 g/mol. The molecule has 5 rings (SSSR count). The molecule has 1 heterocycles. The smallest absolute Gasteiger partial charge is 0.230 e. The molecule has 168 valence electrons. The van der Waals surface area contributed by atoms with E-state index in [0.29, 0.717) is 17.9 Å². The van der Waals surface area contributed by atoms with Crippen molar-refractivity contribution < 1.29 is 9.90 Å². The van der Waals surface area contributed by atoms with Crippen molar-refractivity contribution in [3.05, 3.63) is 104 Å². The van der Waals surface area contributed by atoms with Gasteiger partial charge in [0.2, 0.25) is 5.91 Å². The topological polar surface area (TPSA) is 75.1 Å². The molecule has 0 fully saturated rings. The van der Waals surface area contributed by atoms with E-state index in [1.165, 1.54) is 0 Å². The van der Waals surface area contributed by atoms with Crippen LogP contribution in [0.2, 0.25) is 0 Å². The highest BCUT2D eigenvalue weighted by Gasteiger charge is 2.22. The van der Waals surface area contributed by atoms with E-state index in [1.54, 1.807) is 12.1 Å². The number of hydrogen-bond donors (Lipinski definition) is 2. The maximum absolute atomic E-state index is 12.9. The number of rotatable bonds is 5. The van der Waals surface area contributed by atoms with Crippen molar-refractivity contribution >= 4 is 46.5 Å². The van der Waals surface area contributed by atoms with Gasteiger partial charge in [0.15, 0.2) is 5.82 Å². The minimum absolute atomic E-state index is 0.133. The molecule has 0 saturated heterocycles. The number of benzene rings is 3. The van der Waals surface area contributed by atoms with Gasteiger partial charge >= 0.3 is 0 Å². The number of aryl methyl sites for hydroxylation is 2. The summed E-state index contributed by atoms with van der Waals surface area (Å²) in [7, 11) is 0. The lowest BCUT2D eigenvalue weighted by molar-refractivity contribution is -0.115. The van der Waals surface area contributed by atoms with E-state index in [-0.39, 0.29) is 18.1 Å². The van der Waals surface area contributed by atoms with Gasteiger partial charge in [0.25, 0.3) is 0 Å². The molecule has 1 amide bonds. The van der Waals surface area contributed by atoms with Crippen LogP contribution >= 0.6 is 22.6 Å². The van der Waals surface area contributed by atoms with Crippen LogP contribution in [-0.4, -0.2) is 21.0 Å². The number of nitrogens with one attached hydrogen (secondary N) is 1. The van der Waals surface area contributed by atoms with Gasteiger partial charge < -0.3 is 10.4 Å². The second kappa shape index (κ2) is 9.77. The van der Waals surface area contributed by atoms with E-state index in [2.05, 4.69) is 27.9 Å². The minimum Gasteiger partial charge on any atom is -0.508 e. The molecule has 0 aliphatic heterocycles. The van der Waals surface area contributed by atoms with E-state index in [9.17, 15) is 9.90 Å². The van der Waals surface area contributed by atoms with Crippen molar-refractivity contribution in [2.24, 2.45) is 0 Å². The molecule has 0 bridgehead atoms. The first-order chi connectivity index (χ1) is 16.5. The summed E-state index contributed by atoms with van der Waals surface area (Å²) in [5, 5.41) is 12.9. The number of aromatic nitrogens is 2. The fourth-order valence-electron chi connectivity index (χ4n) is 4.06. The van der Waals surface area contributed by atoms with Crippen LogP contribution in [0.25, 0.3) is 23.4 Å². The summed E-state index contributed by atoms with van der Waals surface area (Å²) in [6.45, 7) is 0. The van der Waals surface area contributed by atoms with Crippen molar-refractivity contribution in [1.82, 2.24) is 9.97 Å². The number of phenolic OH excluding ortho intramolecular Hbond substituents is 1. The zero-order valence-corrected chi connectivity index (χ0v) is 20.5. The van der Waals surface area contributed by atoms with Gasteiger partial charge in [0.1, 0.15) is 11.4 Å². The van der Waals surface area contributed by atoms with E-state index < -0.39 is 0 Å². The standard InChI is InChI=1S/C28H22IN3O2/c29-21-10-6-19(7-11-21)16-26(34)32-28-25(14-8-18-4-2-1-3-5-18)30-27-23-13-12-22(33)17-20(23)9-15-24(27)31-28/h1-8,10-14,17,33H,9,15-16H2,(H,31,32,34)/b14-8+. The van der Waals surface area contributed by atoms with Crippen LogP contribution in [0.3, 0.4) is 0 Å². The fourth-order valence-corrected chi connectivity index (χ4v) is 4.42. The van der Waals surface area contributed by atoms with Crippen LogP contribution < -0.4 is 5.32 Å². The molecule has 5 nitrogen and oxygen atoms in total. The van der Waals surface area contributed by atoms with E-state index in [0.717, 1.165) is 43.6 Å². The minimum atomic E-state index is -0.133. The molecule has 1 aliphatic rings. The molecule has 0 saturated carbocycles. The molecule has 1 aromatic heterocycles. The maximum Gasteiger partial charge on any atom is 0.230 e. The fraction of sp³-hybridized carbons (Fsp3) is 0.107. The Morgan fingerprint density at radius 1 is 0.971 bits per heavy atom. The van der Waals surface area contributed by atoms with Crippen molar-refractivity contribution in [3.63, 3.8) is 0 Å². The summed E-state index contributed by atoms with van der Waals surface area (Å²) >= 11 is 2.25. The SMILES string of the molecule is O=C(Cc1ccc(I)cc1)Nc1nc2c(nc1/C=C/c1ccccc1)-c1ccc(O)cc1CC2. The highest BCUT2D eigenvalue weighted by atomic mass is 127. The predicted octanol–water partition coefficient (Wildman–Crippen LogP) is 5.90. The second-order valence-electron chi connectivity index (χ2n) is 8.19. The van der Waals surface area contributed by atoms with Crippen LogP contribution in [-0.2, 0) is 24.1 Å². The number of nitrogens with zero attached hydrogens (tertiary/aromatic N) is 2. The van der Waals surface area contributed by atoms with Crippen molar-refractivity contribution in [3.8, 4) is 17.0 Å². The third-order valence-electron chi connectivity index (χ3n) is 5.74. The van der Waals surface area contributed by atoms with E-state index >= 15 is 0 Å². The highest BCUT2D eigenvalue weighted by molar-refractivity contribution is 14.1. The Balaban J connectivity index is 1.50. The quantitative estimate of drug-likeness (QED) is 0.299. The number of halogens is 1. The van der Waals surface area contributed by atoms with Gasteiger partial charge in [-0.1, -0.05) is 48.5 Å². The van der Waals surface area contributed by atoms with Crippen molar-refractivity contribution in [2.45, 2.75) is 19.3 Å². The normalized spacial score (nSPS) is 12.3. The molecule has 2 N–H and O–H groups in total. The Morgan fingerprint density at radius 2 is 1.76 bits per heavy atom.